The second-order valence-corrected chi connectivity index (χ2v) is 5.68. The number of aliphatic carboxylic acids is 2. The molecule has 3 saturated carbocycles. The summed E-state index contributed by atoms with van der Waals surface area (Å²) < 4.78 is 0. The first-order valence-corrected chi connectivity index (χ1v) is 6.16. The molecule has 5 heteroatoms. The standard InChI is InChI=1S/C12H16O5/c13-7-2-1-4-5-3-6(8(4)7)10(12(16)17)9(5)11(14)15/h4-10,13H,1-3H2,(H,14,15)(H,16,17). The molecule has 0 spiro atoms. The molecule has 5 nitrogen and oxygen atoms in total. The molecule has 0 aromatic heterocycles. The largest absolute Gasteiger partial charge is 0.481 e. The molecule has 0 radical (unpaired) electrons. The van der Waals surface area contributed by atoms with Crippen LogP contribution in [-0.4, -0.2) is 33.4 Å². The van der Waals surface area contributed by atoms with Crippen LogP contribution in [0, 0.1) is 35.5 Å². The highest BCUT2D eigenvalue weighted by Gasteiger charge is 2.65. The zero-order valence-electron chi connectivity index (χ0n) is 9.32. The molecule has 0 aliphatic heterocycles. The van der Waals surface area contributed by atoms with Gasteiger partial charge in [0.05, 0.1) is 17.9 Å². The Morgan fingerprint density at radius 1 is 0.882 bits per heavy atom. The Morgan fingerprint density at radius 3 is 2.06 bits per heavy atom. The molecule has 0 aromatic carbocycles. The highest BCUT2D eigenvalue weighted by molar-refractivity contribution is 5.82. The van der Waals surface area contributed by atoms with E-state index in [0.29, 0.717) is 12.8 Å². The Bertz CT molecular complexity index is 379. The van der Waals surface area contributed by atoms with Gasteiger partial charge in [0.15, 0.2) is 0 Å². The summed E-state index contributed by atoms with van der Waals surface area (Å²) in [4.78, 5) is 22.5. The number of carboxylic acids is 2. The number of aliphatic hydroxyl groups is 1. The molecule has 3 rings (SSSR count). The molecule has 3 aliphatic rings. The Labute approximate surface area is 98.4 Å². The third-order valence-electron chi connectivity index (χ3n) is 5.20. The second-order valence-electron chi connectivity index (χ2n) is 5.68. The van der Waals surface area contributed by atoms with Crippen LogP contribution in [0.1, 0.15) is 19.3 Å². The molecule has 3 aliphatic carbocycles. The molecule has 94 valence electrons. The lowest BCUT2D eigenvalue weighted by atomic mass is 9.69. The van der Waals surface area contributed by atoms with Crippen molar-refractivity contribution in [3.8, 4) is 0 Å². The van der Waals surface area contributed by atoms with Crippen molar-refractivity contribution in [2.75, 3.05) is 0 Å². The van der Waals surface area contributed by atoms with Gasteiger partial charge in [0.2, 0.25) is 0 Å². The van der Waals surface area contributed by atoms with E-state index < -0.39 is 29.9 Å². The molecule has 7 atom stereocenters. The van der Waals surface area contributed by atoms with Gasteiger partial charge in [-0.2, -0.15) is 0 Å². The normalized spacial score (nSPS) is 51.5. The Kier molecular flexibility index (Phi) is 2.23. The molecule has 0 heterocycles. The van der Waals surface area contributed by atoms with Crippen molar-refractivity contribution in [1.29, 1.82) is 0 Å². The SMILES string of the molecule is O=C(O)C1C2CC(C1C(=O)O)C1C(O)CCC21. The van der Waals surface area contributed by atoms with E-state index in [9.17, 15) is 24.9 Å². The number of carbonyl (C=O) groups is 2. The summed E-state index contributed by atoms with van der Waals surface area (Å²) in [5.74, 6) is -3.46. The van der Waals surface area contributed by atoms with Gasteiger partial charge in [-0.15, -0.1) is 0 Å². The summed E-state index contributed by atoms with van der Waals surface area (Å²) in [6.07, 6.45) is 1.79. The highest BCUT2D eigenvalue weighted by Crippen LogP contribution is 2.63. The Hall–Kier alpha value is -1.10. The minimum absolute atomic E-state index is 0.0247. The molecular formula is C12H16O5. The summed E-state index contributed by atoms with van der Waals surface area (Å²) in [5, 5.41) is 28.3. The van der Waals surface area contributed by atoms with Crippen LogP contribution in [0.3, 0.4) is 0 Å². The van der Waals surface area contributed by atoms with Crippen LogP contribution in [0.15, 0.2) is 0 Å². The van der Waals surface area contributed by atoms with Gasteiger partial charge < -0.3 is 15.3 Å². The lowest BCUT2D eigenvalue weighted by molar-refractivity contribution is -0.159. The third-order valence-corrected chi connectivity index (χ3v) is 5.20. The molecule has 3 fully saturated rings. The fraction of sp³-hybridized carbons (Fsp3) is 0.833. The predicted octanol–water partition coefficient (Wildman–Crippen LogP) is 0.425. The maximum absolute atomic E-state index is 11.3. The first kappa shape index (κ1) is 11.0. The summed E-state index contributed by atoms with van der Waals surface area (Å²) in [7, 11) is 0. The zero-order valence-corrected chi connectivity index (χ0v) is 9.32. The number of fused-ring (bicyclic) bond motifs is 5. The molecule has 0 aromatic rings. The highest BCUT2D eigenvalue weighted by atomic mass is 16.4. The van der Waals surface area contributed by atoms with E-state index in [-0.39, 0.29) is 23.7 Å². The van der Waals surface area contributed by atoms with Crippen molar-refractivity contribution in [3.05, 3.63) is 0 Å². The van der Waals surface area contributed by atoms with Crippen LogP contribution < -0.4 is 0 Å². The van der Waals surface area contributed by atoms with Crippen molar-refractivity contribution < 1.29 is 24.9 Å². The molecule has 2 bridgehead atoms. The minimum atomic E-state index is -1.01. The van der Waals surface area contributed by atoms with E-state index in [2.05, 4.69) is 0 Å². The summed E-state index contributed by atoms with van der Waals surface area (Å²) in [6.45, 7) is 0. The van der Waals surface area contributed by atoms with Crippen molar-refractivity contribution >= 4 is 11.9 Å². The molecule has 17 heavy (non-hydrogen) atoms. The predicted molar refractivity (Wildman–Crippen MR) is 56.1 cm³/mol. The van der Waals surface area contributed by atoms with E-state index in [0.717, 1.165) is 6.42 Å². The first-order chi connectivity index (χ1) is 8.02. The van der Waals surface area contributed by atoms with E-state index in [4.69, 9.17) is 0 Å². The smallest absolute Gasteiger partial charge is 0.307 e. The fourth-order valence-electron chi connectivity index (χ4n) is 4.79. The van der Waals surface area contributed by atoms with Gasteiger partial charge in [0.1, 0.15) is 0 Å². The Morgan fingerprint density at radius 2 is 1.47 bits per heavy atom. The summed E-state index contributed by atoms with van der Waals surface area (Å²) in [5.41, 5.74) is 0. The average Bonchev–Trinajstić information content (AvgIpc) is 2.87. The van der Waals surface area contributed by atoms with Crippen molar-refractivity contribution in [2.24, 2.45) is 35.5 Å². The average molecular weight is 240 g/mol. The van der Waals surface area contributed by atoms with Gasteiger partial charge in [-0.25, -0.2) is 0 Å². The molecule has 0 amide bonds. The fourth-order valence-corrected chi connectivity index (χ4v) is 4.79. The van der Waals surface area contributed by atoms with Gasteiger partial charge in [0, 0.05) is 0 Å². The number of hydrogen-bond acceptors (Lipinski definition) is 3. The maximum atomic E-state index is 11.3. The lowest BCUT2D eigenvalue weighted by Gasteiger charge is -2.34. The van der Waals surface area contributed by atoms with Gasteiger partial charge in [-0.05, 0) is 42.9 Å². The van der Waals surface area contributed by atoms with Crippen molar-refractivity contribution in [1.82, 2.24) is 0 Å². The molecule has 0 saturated heterocycles. The third kappa shape index (κ3) is 1.29. The quantitative estimate of drug-likeness (QED) is 0.650. The summed E-state index contributed by atoms with van der Waals surface area (Å²) in [6, 6.07) is 0. The van der Waals surface area contributed by atoms with Gasteiger partial charge >= 0.3 is 11.9 Å². The van der Waals surface area contributed by atoms with E-state index >= 15 is 0 Å². The Balaban J connectivity index is 1.96. The molecular weight excluding hydrogens is 224 g/mol. The van der Waals surface area contributed by atoms with E-state index in [1.807, 2.05) is 0 Å². The minimum Gasteiger partial charge on any atom is -0.481 e. The first-order valence-electron chi connectivity index (χ1n) is 6.16. The van der Waals surface area contributed by atoms with Crippen LogP contribution in [0.2, 0.25) is 0 Å². The molecule has 7 unspecified atom stereocenters. The zero-order chi connectivity index (χ0) is 12.3. The van der Waals surface area contributed by atoms with Crippen LogP contribution in [0.5, 0.6) is 0 Å². The van der Waals surface area contributed by atoms with Gasteiger partial charge in [-0.3, -0.25) is 9.59 Å². The molecule has 3 N–H and O–H groups in total. The topological polar surface area (TPSA) is 94.8 Å². The van der Waals surface area contributed by atoms with Crippen LogP contribution in [-0.2, 0) is 9.59 Å². The summed E-state index contributed by atoms with van der Waals surface area (Å²) >= 11 is 0. The van der Waals surface area contributed by atoms with Gasteiger partial charge in [0.25, 0.3) is 0 Å². The van der Waals surface area contributed by atoms with Crippen LogP contribution >= 0.6 is 0 Å². The lowest BCUT2D eigenvalue weighted by Crippen LogP contribution is -2.43. The number of rotatable bonds is 2. The number of carboxylic acid groups (broad SMARTS) is 2. The monoisotopic (exact) mass is 240 g/mol. The second kappa shape index (κ2) is 3.45. The van der Waals surface area contributed by atoms with E-state index in [1.54, 1.807) is 0 Å². The number of aliphatic hydroxyl groups excluding tert-OH is 1. The maximum Gasteiger partial charge on any atom is 0.307 e. The van der Waals surface area contributed by atoms with Crippen LogP contribution in [0.25, 0.3) is 0 Å². The van der Waals surface area contributed by atoms with Crippen molar-refractivity contribution in [3.63, 3.8) is 0 Å². The van der Waals surface area contributed by atoms with Crippen LogP contribution in [0.4, 0.5) is 0 Å². The number of hydrogen-bond donors (Lipinski definition) is 3. The van der Waals surface area contributed by atoms with Crippen molar-refractivity contribution in [2.45, 2.75) is 25.4 Å². The van der Waals surface area contributed by atoms with E-state index in [1.165, 1.54) is 0 Å². The van der Waals surface area contributed by atoms with Gasteiger partial charge in [-0.1, -0.05) is 0 Å².